The van der Waals surface area contributed by atoms with Gasteiger partial charge < -0.3 is 14.3 Å². The zero-order valence-corrected chi connectivity index (χ0v) is 7.68. The van der Waals surface area contributed by atoms with Crippen LogP contribution in [0.3, 0.4) is 0 Å². The van der Waals surface area contributed by atoms with E-state index in [9.17, 15) is 0 Å². The predicted octanol–water partition coefficient (Wildman–Crippen LogP) is 1.36. The van der Waals surface area contributed by atoms with Crippen LogP contribution in [0.2, 0.25) is 0 Å². The molecule has 0 heterocycles. The standard InChI is InChI=1S/Cl2OS.ClH2O3P/c1-4(2)3;1-5(2,3)4/h;(H2,2,3,4). The van der Waals surface area contributed by atoms with E-state index in [1.807, 2.05) is 0 Å². The molecule has 0 atom stereocenters. The lowest BCUT2D eigenvalue weighted by molar-refractivity contribution is 0.395. The van der Waals surface area contributed by atoms with E-state index in [0.717, 1.165) is 0 Å². The van der Waals surface area contributed by atoms with Crippen LogP contribution < -0.4 is 0 Å². The third-order valence-corrected chi connectivity index (χ3v) is 0. The Labute approximate surface area is 68.2 Å². The molecule has 0 spiro atoms. The average molecular weight is 235 g/mol. The molecule has 0 rings (SSSR count). The molecule has 9 heavy (non-hydrogen) atoms. The van der Waals surface area contributed by atoms with Gasteiger partial charge in [-0.15, -0.1) is 0 Å². The first-order chi connectivity index (χ1) is 3.73. The third kappa shape index (κ3) is 283. The molecule has 0 aromatic carbocycles. The van der Waals surface area contributed by atoms with Gasteiger partial charge in [0.2, 0.25) is 0 Å². The van der Waals surface area contributed by atoms with Crippen LogP contribution in [0.4, 0.5) is 0 Å². The van der Waals surface area contributed by atoms with Crippen LogP contribution in [0.5, 0.6) is 0 Å². The van der Waals surface area contributed by atoms with Gasteiger partial charge in [0.1, 0.15) is 0 Å². The highest BCUT2D eigenvalue weighted by Gasteiger charge is 2.01. The van der Waals surface area contributed by atoms with Crippen LogP contribution in [0, 0.1) is 0 Å². The minimum atomic E-state index is -4.17. The number of hydrogen-bond donors (Lipinski definition) is 2. The van der Waals surface area contributed by atoms with Gasteiger partial charge in [-0.2, -0.15) is 0 Å². The zero-order chi connectivity index (χ0) is 8.08. The molecule has 0 fully saturated rings. The van der Waals surface area contributed by atoms with Crippen molar-refractivity contribution in [2.75, 3.05) is 0 Å². The average Bonchev–Trinajstić information content (AvgIpc) is 1.19. The molecule has 9 heteroatoms. The summed E-state index contributed by atoms with van der Waals surface area (Å²) in [5, 5.41) is 0. The van der Waals surface area contributed by atoms with Crippen LogP contribution in [-0.2, 0) is 14.2 Å². The predicted molar refractivity (Wildman–Crippen MR) is 37.7 cm³/mol. The Hall–Kier alpha value is 1.33. The van der Waals surface area contributed by atoms with Crippen molar-refractivity contribution < 1.29 is 18.9 Å². The topological polar surface area (TPSA) is 80.6 Å². The Balaban J connectivity index is 0. The van der Waals surface area contributed by atoms with Gasteiger partial charge in [-0.3, -0.25) is 0 Å². The van der Waals surface area contributed by atoms with Crippen LogP contribution >= 0.6 is 39.6 Å². The molecule has 0 aromatic rings. The van der Waals surface area contributed by atoms with E-state index < -0.39 is 16.6 Å². The summed E-state index contributed by atoms with van der Waals surface area (Å²) in [6.07, 6.45) is 0. The minimum Gasteiger partial charge on any atom is -0.582 e. The maximum atomic E-state index is 9.09. The first kappa shape index (κ1) is 13.0. The van der Waals surface area contributed by atoms with Crippen LogP contribution in [0.15, 0.2) is 0 Å². The fourth-order valence-corrected chi connectivity index (χ4v) is 0. The molecular weight excluding hydrogens is 233 g/mol. The highest BCUT2D eigenvalue weighted by Crippen LogP contribution is 2.39. The van der Waals surface area contributed by atoms with Crippen molar-refractivity contribution in [3.63, 3.8) is 0 Å². The largest absolute Gasteiger partial charge is 0.582 e. The number of hydrogen-bond acceptors (Lipinski definition) is 2. The quantitative estimate of drug-likeness (QED) is 0.491. The second-order valence-corrected chi connectivity index (χ2v) is 5.45. The van der Waals surface area contributed by atoms with E-state index in [4.69, 9.17) is 18.9 Å². The normalized spacial score (nSPS) is 10.6. The van der Waals surface area contributed by atoms with Gasteiger partial charge in [-0.25, -0.2) is 4.57 Å². The molecule has 0 bridgehead atoms. The number of halogens is 3. The summed E-state index contributed by atoms with van der Waals surface area (Å²) < 4.78 is 18.2. The van der Waals surface area contributed by atoms with Gasteiger partial charge >= 0.3 is 6.95 Å². The van der Waals surface area contributed by atoms with Gasteiger partial charge in [0, 0.05) is 11.2 Å². The summed E-state index contributed by atoms with van der Waals surface area (Å²) in [6.45, 7) is -4.17. The highest BCUT2D eigenvalue weighted by molar-refractivity contribution is 8.31. The molecule has 0 unspecified atom stereocenters. The monoisotopic (exact) mass is 234 g/mol. The lowest BCUT2D eigenvalue weighted by atomic mass is 15.8. The summed E-state index contributed by atoms with van der Waals surface area (Å²) in [4.78, 5) is 14.8. The van der Waals surface area contributed by atoms with Crippen molar-refractivity contribution in [3.05, 3.63) is 0 Å². The van der Waals surface area contributed by atoms with Crippen molar-refractivity contribution in [2.45, 2.75) is 0 Å². The molecule has 0 amide bonds. The summed E-state index contributed by atoms with van der Waals surface area (Å²) >= 11 is 4.20. The molecule has 0 aliphatic carbocycles. The van der Waals surface area contributed by atoms with Crippen molar-refractivity contribution in [1.29, 1.82) is 0 Å². The summed E-state index contributed by atoms with van der Waals surface area (Å²) in [5.41, 5.74) is 0. The molecule has 58 valence electrons. The molecule has 0 aromatic heterocycles. The van der Waals surface area contributed by atoms with Crippen molar-refractivity contribution in [1.82, 2.24) is 0 Å². The van der Waals surface area contributed by atoms with Gasteiger partial charge in [0.15, 0.2) is 31.0 Å². The number of rotatable bonds is 0. The van der Waals surface area contributed by atoms with Crippen LogP contribution in [0.25, 0.3) is 0 Å². The molecule has 0 saturated carbocycles. The first-order valence-electron chi connectivity index (χ1n) is 1.23. The molecule has 4 nitrogen and oxygen atoms in total. The fourth-order valence-electron chi connectivity index (χ4n) is 0. The third-order valence-electron chi connectivity index (χ3n) is 0. The molecule has 0 radical (unpaired) electrons. The highest BCUT2D eigenvalue weighted by atomic mass is 36.0. The van der Waals surface area contributed by atoms with E-state index in [-0.39, 0.29) is 0 Å². The Morgan fingerprint density at radius 2 is 1.44 bits per heavy atom. The molecule has 0 aliphatic rings. The maximum Gasteiger partial charge on any atom is 0.419 e. The van der Waals surface area contributed by atoms with E-state index in [2.05, 4.69) is 32.6 Å². The Morgan fingerprint density at radius 3 is 1.44 bits per heavy atom. The minimum absolute atomic E-state index is 1.67. The SMILES string of the molecule is O=P(O)(O)Cl.[O-][S+](Cl)Cl. The van der Waals surface area contributed by atoms with E-state index >= 15 is 0 Å². The molecule has 0 aliphatic heterocycles. The lowest BCUT2D eigenvalue weighted by Gasteiger charge is -1.80. The summed E-state index contributed by atoms with van der Waals surface area (Å²) in [7, 11) is 7.36. The van der Waals surface area contributed by atoms with Crippen molar-refractivity contribution in [3.8, 4) is 0 Å². The first-order valence-corrected chi connectivity index (χ1v) is 6.55. The van der Waals surface area contributed by atoms with Gasteiger partial charge in [-0.1, -0.05) is 0 Å². The molecule has 2 N–H and O–H groups in total. The van der Waals surface area contributed by atoms with Gasteiger partial charge in [-0.05, 0) is 0 Å². The summed E-state index contributed by atoms with van der Waals surface area (Å²) in [6, 6.07) is 0. The zero-order valence-electron chi connectivity index (χ0n) is 3.70. The summed E-state index contributed by atoms with van der Waals surface area (Å²) in [5.74, 6) is 0. The Bertz CT molecular complexity index is 87.0. The van der Waals surface area contributed by atoms with Gasteiger partial charge in [0.05, 0.1) is 0 Å². The maximum absolute atomic E-state index is 9.09. The Morgan fingerprint density at radius 1 is 1.44 bits per heavy atom. The van der Waals surface area contributed by atoms with Crippen molar-refractivity contribution >= 4 is 49.2 Å². The van der Waals surface area contributed by atoms with E-state index in [0.29, 0.717) is 0 Å². The van der Waals surface area contributed by atoms with Crippen LogP contribution in [-0.4, -0.2) is 14.3 Å². The lowest BCUT2D eigenvalue weighted by Crippen LogP contribution is -1.63. The van der Waals surface area contributed by atoms with Gasteiger partial charge in [0.25, 0.3) is 0 Å². The van der Waals surface area contributed by atoms with Crippen LogP contribution in [0.1, 0.15) is 0 Å². The molecular formula is H2Cl3O4PS. The Kier molecular flexibility index (Phi) is 8.74. The van der Waals surface area contributed by atoms with E-state index in [1.165, 1.54) is 0 Å². The fraction of sp³-hybridized carbons (Fsp3) is 0. The smallest absolute Gasteiger partial charge is 0.419 e. The second-order valence-electron chi connectivity index (χ2n) is 0.657. The second kappa shape index (κ2) is 6.07. The van der Waals surface area contributed by atoms with E-state index in [1.54, 1.807) is 0 Å². The molecule has 0 saturated heterocycles. The van der Waals surface area contributed by atoms with Crippen molar-refractivity contribution in [2.24, 2.45) is 0 Å².